The molecule has 0 spiro atoms. The first kappa shape index (κ1) is 17.3. The molecule has 2 aliphatic rings. The summed E-state index contributed by atoms with van der Waals surface area (Å²) in [5, 5.41) is 3.26. The third-order valence-electron chi connectivity index (χ3n) is 5.53. The molecule has 3 rings (SSSR count). The van der Waals surface area contributed by atoms with Crippen molar-refractivity contribution in [2.75, 3.05) is 13.1 Å². The van der Waals surface area contributed by atoms with Crippen molar-refractivity contribution < 1.29 is 4.79 Å². The molecule has 1 aromatic rings. The highest BCUT2D eigenvalue weighted by molar-refractivity contribution is 5.74. The Morgan fingerprint density at radius 2 is 1.67 bits per heavy atom. The summed E-state index contributed by atoms with van der Waals surface area (Å²) in [5.74, 6) is 0. The maximum absolute atomic E-state index is 12.6. The summed E-state index contributed by atoms with van der Waals surface area (Å²) in [6.07, 6.45) is 6.11. The van der Waals surface area contributed by atoms with Crippen LogP contribution in [0.5, 0.6) is 0 Å². The van der Waals surface area contributed by atoms with Gasteiger partial charge in [0.05, 0.1) is 0 Å². The van der Waals surface area contributed by atoms with Gasteiger partial charge in [-0.3, -0.25) is 4.90 Å². The zero-order valence-corrected chi connectivity index (χ0v) is 15.1. The summed E-state index contributed by atoms with van der Waals surface area (Å²) >= 11 is 0. The highest BCUT2D eigenvalue weighted by Crippen LogP contribution is 2.21. The van der Waals surface area contributed by atoms with Crippen molar-refractivity contribution in [1.29, 1.82) is 0 Å². The zero-order chi connectivity index (χ0) is 16.9. The maximum Gasteiger partial charge on any atom is 0.317 e. The van der Waals surface area contributed by atoms with Gasteiger partial charge in [-0.15, -0.1) is 0 Å². The molecule has 1 aliphatic carbocycles. The lowest BCUT2D eigenvalue weighted by molar-refractivity contribution is 0.0482. The van der Waals surface area contributed by atoms with E-state index in [-0.39, 0.29) is 6.03 Å². The van der Waals surface area contributed by atoms with Crippen LogP contribution in [-0.4, -0.2) is 47.0 Å². The van der Waals surface area contributed by atoms with E-state index in [1.165, 1.54) is 24.8 Å². The van der Waals surface area contributed by atoms with Gasteiger partial charge < -0.3 is 10.2 Å². The molecular formula is C20H31N3O. The molecule has 4 heteroatoms. The Morgan fingerprint density at radius 3 is 2.29 bits per heavy atom. The van der Waals surface area contributed by atoms with Crippen molar-refractivity contribution in [3.63, 3.8) is 0 Å². The maximum atomic E-state index is 12.6. The van der Waals surface area contributed by atoms with Crippen LogP contribution < -0.4 is 5.32 Å². The lowest BCUT2D eigenvalue weighted by Crippen LogP contribution is -2.60. The second kappa shape index (κ2) is 8.02. The van der Waals surface area contributed by atoms with Gasteiger partial charge in [-0.25, -0.2) is 4.79 Å². The van der Waals surface area contributed by atoms with Crippen LogP contribution in [0.15, 0.2) is 30.3 Å². The minimum Gasteiger partial charge on any atom is -0.335 e. The third kappa shape index (κ3) is 4.29. The second-order valence-corrected chi connectivity index (χ2v) is 7.55. The largest absolute Gasteiger partial charge is 0.335 e. The number of benzene rings is 1. The van der Waals surface area contributed by atoms with E-state index >= 15 is 0 Å². The number of carbonyl (C=O) groups is 1. The number of nitrogens with zero attached hydrogens (tertiary/aromatic N) is 2. The van der Waals surface area contributed by atoms with Crippen molar-refractivity contribution in [3.8, 4) is 0 Å². The smallest absolute Gasteiger partial charge is 0.317 e. The van der Waals surface area contributed by atoms with Gasteiger partial charge in [0, 0.05) is 37.8 Å². The van der Waals surface area contributed by atoms with Gasteiger partial charge in [-0.05, 0) is 32.3 Å². The van der Waals surface area contributed by atoms with Crippen LogP contribution in [-0.2, 0) is 6.54 Å². The van der Waals surface area contributed by atoms with Crippen LogP contribution in [0.2, 0.25) is 0 Å². The molecule has 0 aromatic heterocycles. The summed E-state index contributed by atoms with van der Waals surface area (Å²) in [4.78, 5) is 17.2. The van der Waals surface area contributed by atoms with Crippen LogP contribution in [0.1, 0.15) is 51.5 Å². The summed E-state index contributed by atoms with van der Waals surface area (Å²) in [7, 11) is 0. The zero-order valence-electron chi connectivity index (χ0n) is 15.1. The van der Waals surface area contributed by atoms with E-state index in [2.05, 4.69) is 54.4 Å². The summed E-state index contributed by atoms with van der Waals surface area (Å²) in [6, 6.07) is 11.9. The second-order valence-electron chi connectivity index (χ2n) is 7.55. The first-order valence-corrected chi connectivity index (χ1v) is 9.48. The Kier molecular flexibility index (Phi) is 5.77. The quantitative estimate of drug-likeness (QED) is 0.919. The minimum atomic E-state index is 0.139. The van der Waals surface area contributed by atoms with E-state index in [1.54, 1.807) is 0 Å². The molecule has 1 aliphatic heterocycles. The molecule has 0 bridgehead atoms. The molecule has 0 radical (unpaired) electrons. The van der Waals surface area contributed by atoms with Gasteiger partial charge in [-0.2, -0.15) is 0 Å². The molecule has 1 heterocycles. The predicted octanol–water partition coefficient (Wildman–Crippen LogP) is 3.62. The third-order valence-corrected chi connectivity index (χ3v) is 5.53. The van der Waals surface area contributed by atoms with Crippen LogP contribution in [0, 0.1) is 0 Å². The van der Waals surface area contributed by atoms with Gasteiger partial charge in [0.1, 0.15) is 0 Å². The average Bonchev–Trinajstić information content (AvgIpc) is 2.60. The molecule has 1 saturated heterocycles. The number of urea groups is 1. The summed E-state index contributed by atoms with van der Waals surface area (Å²) < 4.78 is 0. The number of hydrogen-bond acceptors (Lipinski definition) is 2. The summed E-state index contributed by atoms with van der Waals surface area (Å²) in [5.41, 5.74) is 1.34. The Balaban J connectivity index is 1.55. The fourth-order valence-corrected chi connectivity index (χ4v) is 4.14. The number of rotatable bonds is 3. The van der Waals surface area contributed by atoms with Crippen molar-refractivity contribution in [3.05, 3.63) is 35.9 Å². The molecule has 2 fully saturated rings. The van der Waals surface area contributed by atoms with Gasteiger partial charge in [0.15, 0.2) is 0 Å². The number of amides is 2. The highest BCUT2D eigenvalue weighted by Gasteiger charge is 2.32. The average molecular weight is 329 g/mol. The number of carbonyl (C=O) groups excluding carboxylic acids is 1. The Hall–Kier alpha value is -1.55. The van der Waals surface area contributed by atoms with Gasteiger partial charge >= 0.3 is 6.03 Å². The van der Waals surface area contributed by atoms with Gasteiger partial charge in [0.2, 0.25) is 0 Å². The number of piperazine rings is 1. The summed E-state index contributed by atoms with van der Waals surface area (Å²) in [6.45, 7) is 7.06. The highest BCUT2D eigenvalue weighted by atomic mass is 16.2. The first-order valence-electron chi connectivity index (χ1n) is 9.48. The SMILES string of the molecule is CC1CN(C(=O)NC2CCCCC2)CC(C)N1Cc1ccccc1. The first-order chi connectivity index (χ1) is 11.6. The van der Waals surface area contributed by atoms with Crippen molar-refractivity contribution in [2.45, 2.75) is 70.6 Å². The van der Waals surface area contributed by atoms with Crippen LogP contribution in [0.3, 0.4) is 0 Å². The van der Waals surface area contributed by atoms with E-state index in [9.17, 15) is 4.79 Å². The van der Waals surface area contributed by atoms with Crippen LogP contribution in [0.25, 0.3) is 0 Å². The van der Waals surface area contributed by atoms with Crippen molar-refractivity contribution in [2.24, 2.45) is 0 Å². The van der Waals surface area contributed by atoms with Crippen LogP contribution in [0.4, 0.5) is 4.79 Å². The normalized spacial score (nSPS) is 26.3. The molecule has 4 nitrogen and oxygen atoms in total. The molecule has 1 N–H and O–H groups in total. The van der Waals surface area contributed by atoms with E-state index in [0.717, 1.165) is 32.5 Å². The van der Waals surface area contributed by atoms with E-state index < -0.39 is 0 Å². The molecule has 2 unspecified atom stereocenters. The van der Waals surface area contributed by atoms with Crippen molar-refractivity contribution >= 4 is 6.03 Å². The molecule has 1 aromatic carbocycles. The van der Waals surface area contributed by atoms with E-state index in [1.807, 2.05) is 4.90 Å². The fraction of sp³-hybridized carbons (Fsp3) is 0.650. The molecule has 1 saturated carbocycles. The Labute approximate surface area is 146 Å². The monoisotopic (exact) mass is 329 g/mol. The minimum absolute atomic E-state index is 0.139. The molecule has 24 heavy (non-hydrogen) atoms. The molecule has 2 atom stereocenters. The molecular weight excluding hydrogens is 298 g/mol. The van der Waals surface area contributed by atoms with Crippen molar-refractivity contribution in [1.82, 2.24) is 15.1 Å². The number of hydrogen-bond donors (Lipinski definition) is 1. The lowest BCUT2D eigenvalue weighted by Gasteiger charge is -2.44. The molecule has 2 amide bonds. The molecule has 132 valence electrons. The van der Waals surface area contributed by atoms with E-state index in [4.69, 9.17) is 0 Å². The number of nitrogens with one attached hydrogen (secondary N) is 1. The Morgan fingerprint density at radius 1 is 1.04 bits per heavy atom. The Bertz CT molecular complexity index is 515. The fourth-order valence-electron chi connectivity index (χ4n) is 4.14. The predicted molar refractivity (Wildman–Crippen MR) is 97.9 cm³/mol. The topological polar surface area (TPSA) is 35.6 Å². The van der Waals surface area contributed by atoms with Gasteiger partial charge in [-0.1, -0.05) is 49.6 Å². The van der Waals surface area contributed by atoms with Gasteiger partial charge in [0.25, 0.3) is 0 Å². The standard InChI is InChI=1S/C20H31N3O/c1-16-13-22(20(24)21-19-11-7-4-8-12-19)14-17(2)23(16)15-18-9-5-3-6-10-18/h3,5-6,9-10,16-17,19H,4,7-8,11-15H2,1-2H3,(H,21,24). The lowest BCUT2D eigenvalue weighted by atomic mass is 9.95. The van der Waals surface area contributed by atoms with Crippen LogP contribution >= 0.6 is 0 Å². The van der Waals surface area contributed by atoms with E-state index in [0.29, 0.717) is 18.1 Å².